The van der Waals surface area contributed by atoms with Gasteiger partial charge in [0.2, 0.25) is 0 Å². The standard InChI is InChI=1S/C15H22Cl2FN/c1-4-6-15(19-7-5-2)10(3)11-8-14(18)13(17)9-12(11)16/h8-10,15,19H,4-7H2,1-3H3. The molecule has 1 nitrogen and oxygen atoms in total. The Morgan fingerprint density at radius 2 is 1.84 bits per heavy atom. The molecule has 1 N–H and O–H groups in total. The molecule has 4 heteroatoms. The molecule has 2 unspecified atom stereocenters. The molecule has 0 heterocycles. The largest absolute Gasteiger partial charge is 0.313 e. The molecule has 0 aliphatic heterocycles. The summed E-state index contributed by atoms with van der Waals surface area (Å²) in [5.41, 5.74) is 0.825. The van der Waals surface area contributed by atoms with Crippen molar-refractivity contribution in [1.29, 1.82) is 0 Å². The van der Waals surface area contributed by atoms with Crippen molar-refractivity contribution in [3.63, 3.8) is 0 Å². The van der Waals surface area contributed by atoms with Gasteiger partial charge >= 0.3 is 0 Å². The second kappa shape index (κ2) is 8.08. The second-order valence-electron chi connectivity index (χ2n) is 4.93. The van der Waals surface area contributed by atoms with Crippen LogP contribution in [0.3, 0.4) is 0 Å². The van der Waals surface area contributed by atoms with Gasteiger partial charge in [0.1, 0.15) is 5.82 Å². The van der Waals surface area contributed by atoms with Crippen molar-refractivity contribution in [2.24, 2.45) is 0 Å². The van der Waals surface area contributed by atoms with Crippen LogP contribution in [0.4, 0.5) is 4.39 Å². The summed E-state index contributed by atoms with van der Waals surface area (Å²) < 4.78 is 13.6. The Balaban J connectivity index is 2.94. The molecule has 0 saturated heterocycles. The Hall–Kier alpha value is -0.310. The van der Waals surface area contributed by atoms with Crippen LogP contribution in [-0.2, 0) is 0 Å². The van der Waals surface area contributed by atoms with E-state index in [0.717, 1.165) is 31.4 Å². The summed E-state index contributed by atoms with van der Waals surface area (Å²) in [7, 11) is 0. The smallest absolute Gasteiger partial charge is 0.142 e. The molecule has 0 radical (unpaired) electrons. The molecule has 19 heavy (non-hydrogen) atoms. The Labute approximate surface area is 125 Å². The normalized spacial score (nSPS) is 14.4. The van der Waals surface area contributed by atoms with Gasteiger partial charge in [-0.05, 0) is 43.0 Å². The fourth-order valence-corrected chi connectivity index (χ4v) is 2.83. The lowest BCUT2D eigenvalue weighted by Gasteiger charge is -2.26. The maximum atomic E-state index is 13.6. The van der Waals surface area contributed by atoms with Gasteiger partial charge in [-0.1, -0.05) is 50.4 Å². The van der Waals surface area contributed by atoms with Crippen molar-refractivity contribution >= 4 is 23.2 Å². The van der Waals surface area contributed by atoms with E-state index in [-0.39, 0.29) is 10.9 Å². The van der Waals surface area contributed by atoms with Gasteiger partial charge < -0.3 is 5.32 Å². The molecule has 0 saturated carbocycles. The van der Waals surface area contributed by atoms with Crippen molar-refractivity contribution in [1.82, 2.24) is 5.32 Å². The highest BCUT2D eigenvalue weighted by molar-refractivity contribution is 6.35. The minimum absolute atomic E-state index is 0.0782. The number of benzene rings is 1. The first-order chi connectivity index (χ1) is 9.01. The maximum Gasteiger partial charge on any atom is 0.142 e. The first-order valence-electron chi connectivity index (χ1n) is 6.89. The highest BCUT2D eigenvalue weighted by Crippen LogP contribution is 2.32. The van der Waals surface area contributed by atoms with E-state index in [1.165, 1.54) is 12.1 Å². The van der Waals surface area contributed by atoms with Gasteiger partial charge in [0.05, 0.1) is 5.02 Å². The Bertz CT molecular complexity index is 409. The molecule has 0 bridgehead atoms. The predicted molar refractivity (Wildman–Crippen MR) is 81.8 cm³/mol. The van der Waals surface area contributed by atoms with Crippen LogP contribution in [0.5, 0.6) is 0 Å². The van der Waals surface area contributed by atoms with Crippen LogP contribution in [0.1, 0.15) is 51.5 Å². The van der Waals surface area contributed by atoms with E-state index in [4.69, 9.17) is 23.2 Å². The third kappa shape index (κ3) is 4.62. The first-order valence-corrected chi connectivity index (χ1v) is 7.64. The van der Waals surface area contributed by atoms with Gasteiger partial charge in [0.25, 0.3) is 0 Å². The summed E-state index contributed by atoms with van der Waals surface area (Å²) in [6.07, 6.45) is 3.21. The SMILES string of the molecule is CCCNC(CCC)C(C)c1cc(F)c(Cl)cc1Cl. The molecule has 0 amide bonds. The maximum absolute atomic E-state index is 13.6. The summed E-state index contributed by atoms with van der Waals surface area (Å²) in [5, 5.41) is 4.13. The van der Waals surface area contributed by atoms with Crippen molar-refractivity contribution in [2.75, 3.05) is 6.54 Å². The molecular formula is C15H22Cl2FN. The topological polar surface area (TPSA) is 12.0 Å². The summed E-state index contributed by atoms with van der Waals surface area (Å²) >= 11 is 11.9. The number of hydrogen-bond donors (Lipinski definition) is 1. The van der Waals surface area contributed by atoms with E-state index in [0.29, 0.717) is 11.1 Å². The molecule has 1 aromatic carbocycles. The molecule has 2 atom stereocenters. The van der Waals surface area contributed by atoms with Crippen LogP contribution in [0.15, 0.2) is 12.1 Å². The fourth-order valence-electron chi connectivity index (χ4n) is 2.27. The zero-order chi connectivity index (χ0) is 14.4. The van der Waals surface area contributed by atoms with Gasteiger partial charge in [-0.15, -0.1) is 0 Å². The average Bonchev–Trinajstić information content (AvgIpc) is 2.38. The summed E-state index contributed by atoms with van der Waals surface area (Å²) in [6, 6.07) is 3.27. The zero-order valence-corrected chi connectivity index (χ0v) is 13.3. The van der Waals surface area contributed by atoms with E-state index >= 15 is 0 Å². The number of hydrogen-bond acceptors (Lipinski definition) is 1. The molecule has 0 aliphatic rings. The van der Waals surface area contributed by atoms with Gasteiger partial charge in [-0.3, -0.25) is 0 Å². The van der Waals surface area contributed by atoms with Crippen molar-refractivity contribution < 1.29 is 4.39 Å². The molecule has 0 aliphatic carbocycles. The monoisotopic (exact) mass is 305 g/mol. The van der Waals surface area contributed by atoms with E-state index in [2.05, 4.69) is 26.1 Å². The second-order valence-corrected chi connectivity index (χ2v) is 5.74. The lowest BCUT2D eigenvalue weighted by molar-refractivity contribution is 0.420. The van der Waals surface area contributed by atoms with Gasteiger partial charge in [-0.2, -0.15) is 0 Å². The van der Waals surface area contributed by atoms with E-state index in [1.807, 2.05) is 0 Å². The number of rotatable bonds is 7. The Kier molecular flexibility index (Phi) is 7.12. The number of halogens is 3. The third-order valence-corrected chi connectivity index (χ3v) is 4.01. The van der Waals surface area contributed by atoms with Crippen LogP contribution in [0, 0.1) is 5.82 Å². The first kappa shape index (κ1) is 16.7. The Morgan fingerprint density at radius 3 is 2.42 bits per heavy atom. The molecule has 0 aromatic heterocycles. The van der Waals surface area contributed by atoms with Crippen LogP contribution >= 0.6 is 23.2 Å². The van der Waals surface area contributed by atoms with Crippen molar-refractivity contribution in [3.05, 3.63) is 33.6 Å². The summed E-state index contributed by atoms with van der Waals surface area (Å²) in [5.74, 6) is -0.246. The summed E-state index contributed by atoms with van der Waals surface area (Å²) in [6.45, 7) is 7.33. The van der Waals surface area contributed by atoms with Crippen molar-refractivity contribution in [2.45, 2.75) is 52.0 Å². The quantitative estimate of drug-likeness (QED) is 0.665. The lowest BCUT2D eigenvalue weighted by atomic mass is 9.90. The van der Waals surface area contributed by atoms with Crippen LogP contribution in [0.2, 0.25) is 10.0 Å². The van der Waals surface area contributed by atoms with E-state index < -0.39 is 5.82 Å². The fraction of sp³-hybridized carbons (Fsp3) is 0.600. The third-order valence-electron chi connectivity index (χ3n) is 3.39. The van der Waals surface area contributed by atoms with Crippen LogP contribution in [-0.4, -0.2) is 12.6 Å². The molecule has 1 aromatic rings. The summed E-state index contributed by atoms with van der Waals surface area (Å²) in [4.78, 5) is 0. The highest BCUT2D eigenvalue weighted by Gasteiger charge is 2.21. The lowest BCUT2D eigenvalue weighted by Crippen LogP contribution is -2.34. The molecular weight excluding hydrogens is 284 g/mol. The van der Waals surface area contributed by atoms with Gasteiger partial charge in [0, 0.05) is 11.1 Å². The highest BCUT2D eigenvalue weighted by atomic mass is 35.5. The van der Waals surface area contributed by atoms with Crippen LogP contribution in [0.25, 0.3) is 0 Å². The molecule has 108 valence electrons. The molecule has 0 fully saturated rings. The van der Waals surface area contributed by atoms with Crippen LogP contribution < -0.4 is 5.32 Å². The zero-order valence-electron chi connectivity index (χ0n) is 11.8. The average molecular weight is 306 g/mol. The van der Waals surface area contributed by atoms with Gasteiger partial charge in [-0.25, -0.2) is 4.39 Å². The molecule has 0 spiro atoms. The number of nitrogens with one attached hydrogen (secondary N) is 1. The Morgan fingerprint density at radius 1 is 1.16 bits per heavy atom. The van der Waals surface area contributed by atoms with E-state index in [9.17, 15) is 4.39 Å². The predicted octanol–water partition coefficient (Wildman–Crippen LogP) is 5.40. The minimum atomic E-state index is -0.404. The van der Waals surface area contributed by atoms with E-state index in [1.54, 1.807) is 0 Å². The van der Waals surface area contributed by atoms with Gasteiger partial charge in [0.15, 0.2) is 0 Å². The van der Waals surface area contributed by atoms with Crippen molar-refractivity contribution in [3.8, 4) is 0 Å². The molecule has 1 rings (SSSR count). The minimum Gasteiger partial charge on any atom is -0.313 e.